The summed E-state index contributed by atoms with van der Waals surface area (Å²) < 4.78 is 28.2. The van der Waals surface area contributed by atoms with Gasteiger partial charge in [0.2, 0.25) is 0 Å². The van der Waals surface area contributed by atoms with E-state index >= 15 is 0 Å². The molecule has 2 aliphatic heterocycles. The highest BCUT2D eigenvalue weighted by Gasteiger charge is 2.39. The first kappa shape index (κ1) is 18.4. The molecule has 0 aromatic rings. The van der Waals surface area contributed by atoms with Crippen LogP contribution in [0.3, 0.4) is 0 Å². The smallest absolute Gasteiger partial charge is 0.279 e. The number of aliphatic imine (C=N–C) groups is 1. The maximum absolute atomic E-state index is 12.1. The Morgan fingerprint density at radius 2 is 1.78 bits per heavy atom. The summed E-state index contributed by atoms with van der Waals surface area (Å²) in [6, 6.07) is 0.0558. The molecule has 2 heterocycles. The Morgan fingerprint density at radius 3 is 2.26 bits per heavy atom. The average Bonchev–Trinajstić information content (AvgIpc) is 2.43. The first-order valence-corrected chi connectivity index (χ1v) is 9.55. The van der Waals surface area contributed by atoms with Crippen molar-refractivity contribution < 1.29 is 8.42 Å². The summed E-state index contributed by atoms with van der Waals surface area (Å²) in [7, 11) is -1.95. The van der Waals surface area contributed by atoms with Crippen molar-refractivity contribution in [2.45, 2.75) is 47.6 Å². The predicted molar refractivity (Wildman–Crippen MR) is 94.5 cm³/mol. The van der Waals surface area contributed by atoms with E-state index in [1.165, 1.54) is 11.4 Å². The van der Waals surface area contributed by atoms with Crippen LogP contribution in [0.1, 0.15) is 41.5 Å². The van der Waals surface area contributed by atoms with E-state index in [1.54, 1.807) is 0 Å². The molecule has 0 saturated carbocycles. The zero-order valence-electron chi connectivity index (χ0n) is 15.3. The molecule has 2 rings (SSSR count). The van der Waals surface area contributed by atoms with Crippen molar-refractivity contribution in [3.05, 3.63) is 11.8 Å². The van der Waals surface area contributed by atoms with Crippen molar-refractivity contribution in [1.82, 2.24) is 13.9 Å². The summed E-state index contributed by atoms with van der Waals surface area (Å²) in [5, 5.41) is 0. The minimum absolute atomic E-state index is 0.000250. The molecule has 132 valence electrons. The second-order valence-electron chi connectivity index (χ2n) is 8.37. The van der Waals surface area contributed by atoms with E-state index in [0.29, 0.717) is 19.6 Å². The van der Waals surface area contributed by atoms with E-state index in [4.69, 9.17) is 4.99 Å². The summed E-state index contributed by atoms with van der Waals surface area (Å²) in [4.78, 5) is 7.20. The zero-order chi connectivity index (χ0) is 17.6. The van der Waals surface area contributed by atoms with Gasteiger partial charge in [-0.2, -0.15) is 12.7 Å². The van der Waals surface area contributed by atoms with Crippen molar-refractivity contribution in [3.63, 3.8) is 0 Å². The SMILES string of the molecule is CNS(=O)(=O)N1CCN2C(=CC(C(C)(C)C)N=C2C(C)(C)C)C1. The van der Waals surface area contributed by atoms with Crippen LogP contribution in [0.4, 0.5) is 0 Å². The molecule has 0 aliphatic carbocycles. The molecule has 1 fully saturated rings. The van der Waals surface area contributed by atoms with E-state index in [1.807, 2.05) is 0 Å². The van der Waals surface area contributed by atoms with E-state index in [0.717, 1.165) is 11.5 Å². The molecule has 0 aromatic heterocycles. The minimum atomic E-state index is -3.40. The molecule has 0 spiro atoms. The van der Waals surface area contributed by atoms with Gasteiger partial charge in [0.1, 0.15) is 5.84 Å². The monoisotopic (exact) mass is 342 g/mol. The van der Waals surface area contributed by atoms with Gasteiger partial charge in [0.25, 0.3) is 10.2 Å². The molecular weight excluding hydrogens is 312 g/mol. The highest BCUT2D eigenvalue weighted by atomic mass is 32.2. The molecule has 1 atom stereocenters. The Balaban J connectivity index is 2.40. The molecule has 2 aliphatic rings. The zero-order valence-corrected chi connectivity index (χ0v) is 16.2. The van der Waals surface area contributed by atoms with Gasteiger partial charge >= 0.3 is 0 Å². The number of nitrogens with zero attached hydrogens (tertiary/aromatic N) is 3. The van der Waals surface area contributed by atoms with Crippen LogP contribution >= 0.6 is 0 Å². The Morgan fingerprint density at radius 1 is 1.17 bits per heavy atom. The fourth-order valence-electron chi connectivity index (χ4n) is 2.88. The maximum atomic E-state index is 12.1. The van der Waals surface area contributed by atoms with Crippen molar-refractivity contribution in [3.8, 4) is 0 Å². The van der Waals surface area contributed by atoms with Crippen LogP contribution in [-0.2, 0) is 10.2 Å². The second-order valence-corrected chi connectivity index (χ2v) is 10.2. The van der Waals surface area contributed by atoms with Crippen molar-refractivity contribution in [2.24, 2.45) is 15.8 Å². The van der Waals surface area contributed by atoms with Crippen molar-refractivity contribution in [1.29, 1.82) is 0 Å². The van der Waals surface area contributed by atoms with Gasteiger partial charge in [-0.3, -0.25) is 4.99 Å². The Kier molecular flexibility index (Phi) is 4.69. The van der Waals surface area contributed by atoms with Crippen molar-refractivity contribution >= 4 is 16.0 Å². The van der Waals surface area contributed by atoms with Gasteiger partial charge in [-0.05, 0) is 11.5 Å². The van der Waals surface area contributed by atoms with Crippen LogP contribution in [0.2, 0.25) is 0 Å². The van der Waals surface area contributed by atoms with Crippen LogP contribution in [0.15, 0.2) is 16.8 Å². The Hall–Kier alpha value is -0.920. The van der Waals surface area contributed by atoms with E-state index in [-0.39, 0.29) is 16.9 Å². The third kappa shape index (κ3) is 3.78. The number of hydrogen-bond acceptors (Lipinski definition) is 4. The highest BCUT2D eigenvalue weighted by Crippen LogP contribution is 2.34. The summed E-state index contributed by atoms with van der Waals surface area (Å²) in [6.45, 7) is 14.5. The molecule has 7 heteroatoms. The molecule has 1 saturated heterocycles. The number of amidine groups is 1. The van der Waals surface area contributed by atoms with E-state index < -0.39 is 10.2 Å². The average molecular weight is 343 g/mol. The van der Waals surface area contributed by atoms with Gasteiger partial charge in [0.05, 0.1) is 12.6 Å². The van der Waals surface area contributed by atoms with Crippen LogP contribution in [0.5, 0.6) is 0 Å². The summed E-state index contributed by atoms with van der Waals surface area (Å²) in [6.07, 6.45) is 2.13. The fraction of sp³-hybridized carbons (Fsp3) is 0.812. The third-order valence-corrected chi connectivity index (χ3v) is 5.79. The van der Waals surface area contributed by atoms with Gasteiger partial charge < -0.3 is 4.90 Å². The molecule has 1 N–H and O–H groups in total. The second kappa shape index (κ2) is 5.86. The number of piperazine rings is 1. The van der Waals surface area contributed by atoms with Gasteiger partial charge in [0.15, 0.2) is 0 Å². The van der Waals surface area contributed by atoms with Gasteiger partial charge in [-0.25, -0.2) is 4.72 Å². The maximum Gasteiger partial charge on any atom is 0.279 e. The predicted octanol–water partition coefficient (Wildman–Crippen LogP) is 1.82. The van der Waals surface area contributed by atoms with Crippen LogP contribution < -0.4 is 4.72 Å². The topological polar surface area (TPSA) is 65.0 Å². The van der Waals surface area contributed by atoms with Gasteiger partial charge in [-0.1, -0.05) is 41.5 Å². The Bertz CT molecular complexity index is 623. The fourth-order valence-corrected chi connectivity index (χ4v) is 3.76. The van der Waals surface area contributed by atoms with Crippen LogP contribution in [-0.4, -0.2) is 56.2 Å². The number of hydrogen-bond donors (Lipinski definition) is 1. The van der Waals surface area contributed by atoms with Gasteiger partial charge in [-0.15, -0.1) is 0 Å². The first-order valence-electron chi connectivity index (χ1n) is 8.11. The minimum Gasteiger partial charge on any atom is -0.331 e. The van der Waals surface area contributed by atoms with E-state index in [9.17, 15) is 8.42 Å². The van der Waals surface area contributed by atoms with Crippen LogP contribution in [0.25, 0.3) is 0 Å². The van der Waals surface area contributed by atoms with Crippen LogP contribution in [0, 0.1) is 10.8 Å². The van der Waals surface area contributed by atoms with Gasteiger partial charge in [0, 0.05) is 31.2 Å². The largest absolute Gasteiger partial charge is 0.331 e. The van der Waals surface area contributed by atoms with E-state index in [2.05, 4.69) is 57.2 Å². The quantitative estimate of drug-likeness (QED) is 0.832. The molecule has 0 radical (unpaired) electrons. The Labute approximate surface area is 140 Å². The number of rotatable bonds is 2. The molecule has 0 bridgehead atoms. The lowest BCUT2D eigenvalue weighted by Gasteiger charge is -2.45. The number of fused-ring (bicyclic) bond motifs is 1. The normalized spacial score (nSPS) is 24.1. The molecular formula is C16H30N4O2S. The molecule has 1 unspecified atom stereocenters. The lowest BCUT2D eigenvalue weighted by molar-refractivity contribution is 0.274. The first-order chi connectivity index (χ1) is 10.4. The molecule has 0 amide bonds. The summed E-state index contributed by atoms with van der Waals surface area (Å²) >= 11 is 0. The van der Waals surface area contributed by atoms with Crippen molar-refractivity contribution in [2.75, 3.05) is 26.7 Å². The summed E-state index contributed by atoms with van der Waals surface area (Å²) in [5.41, 5.74) is 0.960. The lowest BCUT2D eigenvalue weighted by atomic mass is 9.83. The highest BCUT2D eigenvalue weighted by molar-refractivity contribution is 7.87. The third-order valence-electron chi connectivity index (χ3n) is 4.28. The standard InChI is InChI=1S/C16H30N4O2S/c1-15(2,3)13-10-12-11-19(23(21,22)17-7)8-9-20(12)14(18-13)16(4,5)6/h10,13,17H,8-9,11H2,1-7H3. The molecule has 23 heavy (non-hydrogen) atoms. The molecule has 0 aromatic carbocycles. The summed E-state index contributed by atoms with van der Waals surface area (Å²) in [5.74, 6) is 1.05. The number of nitrogens with one attached hydrogen (secondary N) is 1. The molecule has 6 nitrogen and oxygen atoms in total. The lowest BCUT2D eigenvalue weighted by Crippen LogP contribution is -2.55.